The molecule has 0 aromatic heterocycles. The smallest absolute Gasteiger partial charge is 0.251 e. The Hall–Kier alpha value is -2.49. The summed E-state index contributed by atoms with van der Waals surface area (Å²) in [6.07, 6.45) is 5.55. The molecular weight excluding hydrogens is 350 g/mol. The minimum atomic E-state index is -0.0827. The number of benzene rings is 2. The number of fused-ring (bicyclic) bond motifs is 2. The first-order valence-corrected chi connectivity index (χ1v) is 10.4. The summed E-state index contributed by atoms with van der Waals surface area (Å²) in [7, 11) is 0. The molecule has 0 saturated carbocycles. The van der Waals surface area contributed by atoms with E-state index in [2.05, 4.69) is 31.3 Å². The third-order valence-corrected chi connectivity index (χ3v) is 5.69. The summed E-state index contributed by atoms with van der Waals surface area (Å²) < 4.78 is 11.6. The minimum Gasteiger partial charge on any atom is -0.490 e. The fraction of sp³-hybridized carbons (Fsp3) is 0.458. The van der Waals surface area contributed by atoms with Crippen LogP contribution in [0.15, 0.2) is 36.4 Å². The second-order valence-electron chi connectivity index (χ2n) is 8.14. The highest BCUT2D eigenvalue weighted by atomic mass is 16.5. The van der Waals surface area contributed by atoms with Crippen LogP contribution < -0.4 is 14.8 Å². The Balaban J connectivity index is 1.55. The summed E-state index contributed by atoms with van der Waals surface area (Å²) in [5.41, 5.74) is 4.52. The van der Waals surface area contributed by atoms with Crippen molar-refractivity contribution in [2.24, 2.45) is 5.92 Å². The summed E-state index contributed by atoms with van der Waals surface area (Å²) in [6.45, 7) is 5.58. The zero-order valence-corrected chi connectivity index (χ0v) is 16.8. The number of aryl methyl sites for hydroxylation is 2. The number of amides is 1. The lowest BCUT2D eigenvalue weighted by Gasteiger charge is -2.24. The lowest BCUT2D eigenvalue weighted by atomic mass is 9.90. The van der Waals surface area contributed by atoms with Gasteiger partial charge in [-0.15, -0.1) is 0 Å². The number of hydrogen-bond acceptors (Lipinski definition) is 3. The second-order valence-corrected chi connectivity index (χ2v) is 8.14. The molecule has 1 atom stereocenters. The molecule has 148 valence electrons. The quantitative estimate of drug-likeness (QED) is 0.826. The molecule has 0 bridgehead atoms. The zero-order chi connectivity index (χ0) is 19.5. The Kier molecular flexibility index (Phi) is 5.56. The molecule has 28 heavy (non-hydrogen) atoms. The molecule has 4 rings (SSSR count). The maximum atomic E-state index is 13.0. The van der Waals surface area contributed by atoms with Gasteiger partial charge in [-0.05, 0) is 72.6 Å². The van der Waals surface area contributed by atoms with E-state index in [4.69, 9.17) is 9.47 Å². The van der Waals surface area contributed by atoms with Gasteiger partial charge in [0, 0.05) is 12.0 Å². The average Bonchev–Trinajstić information content (AvgIpc) is 2.96. The highest BCUT2D eigenvalue weighted by Gasteiger charge is 2.22. The number of hydrogen-bond donors (Lipinski definition) is 1. The van der Waals surface area contributed by atoms with E-state index in [1.807, 2.05) is 24.3 Å². The van der Waals surface area contributed by atoms with Crippen molar-refractivity contribution in [3.63, 3.8) is 0 Å². The molecule has 1 amide bonds. The second kappa shape index (κ2) is 8.26. The molecule has 1 aliphatic heterocycles. The van der Waals surface area contributed by atoms with E-state index < -0.39 is 0 Å². The molecule has 1 aliphatic carbocycles. The first-order valence-electron chi connectivity index (χ1n) is 10.4. The van der Waals surface area contributed by atoms with Crippen molar-refractivity contribution in [1.29, 1.82) is 0 Å². The SMILES string of the molecule is CC(C)[C@@H](NC(=O)c1ccc2c(c1)CCCC2)c1ccc2c(c1)OCCCO2. The highest BCUT2D eigenvalue weighted by Crippen LogP contribution is 2.34. The van der Waals surface area contributed by atoms with Gasteiger partial charge in [0.25, 0.3) is 5.91 Å². The van der Waals surface area contributed by atoms with Gasteiger partial charge in [-0.25, -0.2) is 0 Å². The van der Waals surface area contributed by atoms with Gasteiger partial charge in [-0.3, -0.25) is 4.79 Å². The van der Waals surface area contributed by atoms with Crippen LogP contribution in [0.4, 0.5) is 0 Å². The van der Waals surface area contributed by atoms with E-state index in [9.17, 15) is 4.79 Å². The van der Waals surface area contributed by atoms with Gasteiger partial charge in [0.2, 0.25) is 0 Å². The van der Waals surface area contributed by atoms with Crippen LogP contribution in [-0.4, -0.2) is 19.1 Å². The predicted molar refractivity (Wildman–Crippen MR) is 110 cm³/mol. The van der Waals surface area contributed by atoms with E-state index >= 15 is 0 Å². The van der Waals surface area contributed by atoms with Crippen LogP contribution in [-0.2, 0) is 12.8 Å². The molecule has 0 saturated heterocycles. The van der Waals surface area contributed by atoms with Gasteiger partial charge in [0.1, 0.15) is 0 Å². The van der Waals surface area contributed by atoms with Gasteiger partial charge >= 0.3 is 0 Å². The number of ether oxygens (including phenoxy) is 2. The Morgan fingerprint density at radius 3 is 2.43 bits per heavy atom. The first kappa shape index (κ1) is 18.9. The Morgan fingerprint density at radius 1 is 0.893 bits per heavy atom. The Labute approximate surface area is 167 Å². The normalized spacial score (nSPS) is 16.8. The van der Waals surface area contributed by atoms with Gasteiger partial charge in [0.05, 0.1) is 19.3 Å². The van der Waals surface area contributed by atoms with Crippen LogP contribution >= 0.6 is 0 Å². The number of rotatable bonds is 4. The standard InChI is InChI=1S/C24H29NO3/c1-16(2)23(19-10-11-21-22(15-19)28-13-5-12-27-21)25-24(26)20-9-8-17-6-3-4-7-18(17)14-20/h8-11,14-16,23H,3-7,12-13H2,1-2H3,(H,25,26)/t23-/m1/s1. The topological polar surface area (TPSA) is 47.6 Å². The van der Waals surface area contributed by atoms with Gasteiger partial charge in [-0.1, -0.05) is 26.0 Å². The molecule has 0 fully saturated rings. The van der Waals surface area contributed by atoms with Gasteiger partial charge < -0.3 is 14.8 Å². The van der Waals surface area contributed by atoms with Gasteiger partial charge in [0.15, 0.2) is 11.5 Å². The van der Waals surface area contributed by atoms with Crippen molar-refractivity contribution in [2.75, 3.05) is 13.2 Å². The number of nitrogens with one attached hydrogen (secondary N) is 1. The van der Waals surface area contributed by atoms with Gasteiger partial charge in [-0.2, -0.15) is 0 Å². The largest absolute Gasteiger partial charge is 0.490 e. The summed E-state index contributed by atoms with van der Waals surface area (Å²) in [5.74, 6) is 1.79. The summed E-state index contributed by atoms with van der Waals surface area (Å²) in [6, 6.07) is 12.1. The minimum absolute atomic E-state index is 0.0146. The average molecular weight is 380 g/mol. The maximum Gasteiger partial charge on any atom is 0.251 e. The van der Waals surface area contributed by atoms with E-state index in [0.717, 1.165) is 41.9 Å². The molecular formula is C24H29NO3. The molecule has 2 aromatic carbocycles. The predicted octanol–water partition coefficient (Wildman–Crippen LogP) is 4.85. The Bertz CT molecular complexity index is 859. The van der Waals surface area contributed by atoms with E-state index in [1.54, 1.807) is 0 Å². The molecule has 4 nitrogen and oxygen atoms in total. The molecule has 0 radical (unpaired) electrons. The third-order valence-electron chi connectivity index (χ3n) is 5.69. The highest BCUT2D eigenvalue weighted by molar-refractivity contribution is 5.94. The fourth-order valence-corrected chi connectivity index (χ4v) is 4.11. The summed E-state index contributed by atoms with van der Waals surface area (Å²) in [5, 5.41) is 3.24. The van der Waals surface area contributed by atoms with Crippen molar-refractivity contribution < 1.29 is 14.3 Å². The summed E-state index contributed by atoms with van der Waals surface area (Å²) in [4.78, 5) is 13.0. The molecule has 0 unspecified atom stereocenters. The van der Waals surface area contributed by atoms with Crippen molar-refractivity contribution in [3.8, 4) is 11.5 Å². The monoisotopic (exact) mass is 379 g/mol. The molecule has 0 spiro atoms. The number of carbonyl (C=O) groups excluding carboxylic acids is 1. The molecule has 2 aliphatic rings. The van der Waals surface area contributed by atoms with Crippen LogP contribution in [0.5, 0.6) is 11.5 Å². The first-order chi connectivity index (χ1) is 13.6. The molecule has 2 aromatic rings. The lowest BCUT2D eigenvalue weighted by Crippen LogP contribution is -2.32. The maximum absolute atomic E-state index is 13.0. The van der Waals surface area contributed by atoms with Crippen LogP contribution in [0, 0.1) is 5.92 Å². The third kappa shape index (κ3) is 4.01. The van der Waals surface area contributed by atoms with Crippen molar-refractivity contribution >= 4 is 5.91 Å². The van der Waals surface area contributed by atoms with Crippen LogP contribution in [0.1, 0.15) is 66.2 Å². The molecule has 4 heteroatoms. The molecule has 1 heterocycles. The lowest BCUT2D eigenvalue weighted by molar-refractivity contribution is 0.0925. The van der Waals surface area contributed by atoms with E-state index in [-0.39, 0.29) is 17.9 Å². The van der Waals surface area contributed by atoms with Crippen LogP contribution in [0.3, 0.4) is 0 Å². The van der Waals surface area contributed by atoms with Crippen molar-refractivity contribution in [2.45, 2.75) is 52.0 Å². The van der Waals surface area contributed by atoms with Crippen LogP contribution in [0.2, 0.25) is 0 Å². The summed E-state index contributed by atoms with van der Waals surface area (Å²) >= 11 is 0. The molecule has 1 N–H and O–H groups in total. The van der Waals surface area contributed by atoms with E-state index in [0.29, 0.717) is 13.2 Å². The Morgan fingerprint density at radius 2 is 1.64 bits per heavy atom. The van der Waals surface area contributed by atoms with Crippen molar-refractivity contribution in [3.05, 3.63) is 58.7 Å². The van der Waals surface area contributed by atoms with Crippen LogP contribution in [0.25, 0.3) is 0 Å². The van der Waals surface area contributed by atoms with E-state index in [1.165, 1.54) is 24.0 Å². The zero-order valence-electron chi connectivity index (χ0n) is 16.8. The van der Waals surface area contributed by atoms with Crippen molar-refractivity contribution in [1.82, 2.24) is 5.32 Å². The fourth-order valence-electron chi connectivity index (χ4n) is 4.11. The number of carbonyl (C=O) groups is 1.